The maximum atomic E-state index is 12.9. The molecule has 0 atom stereocenters. The molecule has 1 aliphatic rings. The Labute approximate surface area is 138 Å². The van der Waals surface area contributed by atoms with Crippen LogP contribution in [0.25, 0.3) is 0 Å². The molecule has 0 aromatic heterocycles. The molecule has 2 rings (SSSR count). The van der Waals surface area contributed by atoms with Gasteiger partial charge in [-0.3, -0.25) is 9.59 Å². The number of carboxylic acids is 1. The fourth-order valence-corrected chi connectivity index (χ4v) is 3.33. The number of benzene rings is 1. The molecule has 0 radical (unpaired) electrons. The minimum absolute atomic E-state index is 0.0433. The molecule has 0 bridgehead atoms. The SMILES string of the molecule is Cc1cccc(C2(C(=O)NCCC(C)(C)C(=O)O)CCCC2)c1. The lowest BCUT2D eigenvalue weighted by Crippen LogP contribution is -2.44. The second-order valence-electron chi connectivity index (χ2n) is 7.35. The Balaban J connectivity index is 2.09. The molecule has 0 heterocycles. The predicted molar refractivity (Wildman–Crippen MR) is 90.4 cm³/mol. The van der Waals surface area contributed by atoms with Crippen molar-refractivity contribution in [3.63, 3.8) is 0 Å². The van der Waals surface area contributed by atoms with Crippen LogP contribution in [0.4, 0.5) is 0 Å². The lowest BCUT2D eigenvalue weighted by molar-refractivity contribution is -0.147. The van der Waals surface area contributed by atoms with Crippen molar-refractivity contribution in [2.45, 2.75) is 58.3 Å². The molecule has 126 valence electrons. The van der Waals surface area contributed by atoms with Crippen molar-refractivity contribution in [2.75, 3.05) is 6.54 Å². The van der Waals surface area contributed by atoms with E-state index in [4.69, 9.17) is 5.11 Å². The summed E-state index contributed by atoms with van der Waals surface area (Å²) in [6.07, 6.45) is 4.27. The first kappa shape index (κ1) is 17.5. The summed E-state index contributed by atoms with van der Waals surface area (Å²) >= 11 is 0. The van der Waals surface area contributed by atoms with Crippen LogP contribution < -0.4 is 5.32 Å². The fraction of sp³-hybridized carbons (Fsp3) is 0.579. The van der Waals surface area contributed by atoms with Gasteiger partial charge in [0.25, 0.3) is 0 Å². The highest BCUT2D eigenvalue weighted by atomic mass is 16.4. The summed E-state index contributed by atoms with van der Waals surface area (Å²) in [7, 11) is 0. The van der Waals surface area contributed by atoms with Crippen LogP contribution >= 0.6 is 0 Å². The Hall–Kier alpha value is -1.84. The zero-order valence-electron chi connectivity index (χ0n) is 14.3. The number of nitrogens with one attached hydrogen (secondary N) is 1. The summed E-state index contributed by atoms with van der Waals surface area (Å²) in [6, 6.07) is 8.19. The van der Waals surface area contributed by atoms with Gasteiger partial charge in [-0.2, -0.15) is 0 Å². The van der Waals surface area contributed by atoms with Crippen molar-refractivity contribution >= 4 is 11.9 Å². The molecule has 4 nitrogen and oxygen atoms in total. The molecule has 1 saturated carbocycles. The van der Waals surface area contributed by atoms with E-state index in [-0.39, 0.29) is 5.91 Å². The second kappa shape index (κ2) is 6.73. The quantitative estimate of drug-likeness (QED) is 0.845. The third-order valence-electron chi connectivity index (χ3n) is 5.08. The van der Waals surface area contributed by atoms with Crippen LogP contribution in [0.3, 0.4) is 0 Å². The van der Waals surface area contributed by atoms with E-state index in [0.29, 0.717) is 13.0 Å². The summed E-state index contributed by atoms with van der Waals surface area (Å²) in [5, 5.41) is 12.2. The van der Waals surface area contributed by atoms with Gasteiger partial charge >= 0.3 is 5.97 Å². The van der Waals surface area contributed by atoms with Crippen molar-refractivity contribution in [2.24, 2.45) is 5.41 Å². The summed E-state index contributed by atoms with van der Waals surface area (Å²) in [5.74, 6) is -0.789. The average Bonchev–Trinajstić information content (AvgIpc) is 2.97. The molecule has 1 fully saturated rings. The highest BCUT2D eigenvalue weighted by Crippen LogP contribution is 2.41. The number of hydrogen-bond donors (Lipinski definition) is 2. The van der Waals surface area contributed by atoms with Crippen molar-refractivity contribution in [3.8, 4) is 0 Å². The second-order valence-corrected chi connectivity index (χ2v) is 7.35. The van der Waals surface area contributed by atoms with Gasteiger partial charge in [-0.15, -0.1) is 0 Å². The van der Waals surface area contributed by atoms with E-state index in [1.54, 1.807) is 13.8 Å². The molecule has 1 aromatic carbocycles. The Kier molecular flexibility index (Phi) is 5.12. The summed E-state index contributed by atoms with van der Waals surface area (Å²) < 4.78 is 0. The maximum absolute atomic E-state index is 12.9. The Morgan fingerprint density at radius 2 is 1.91 bits per heavy atom. The van der Waals surface area contributed by atoms with Crippen LogP contribution in [0.15, 0.2) is 24.3 Å². The fourth-order valence-electron chi connectivity index (χ4n) is 3.33. The molecule has 1 aromatic rings. The Morgan fingerprint density at radius 1 is 1.26 bits per heavy atom. The minimum atomic E-state index is -0.832. The molecule has 0 unspecified atom stereocenters. The predicted octanol–water partition coefficient (Wildman–Crippen LogP) is 3.42. The van der Waals surface area contributed by atoms with Gasteiger partial charge in [-0.25, -0.2) is 0 Å². The molecular formula is C19H27NO3. The van der Waals surface area contributed by atoms with Crippen molar-refractivity contribution in [1.29, 1.82) is 0 Å². The number of aliphatic carboxylic acids is 1. The largest absolute Gasteiger partial charge is 0.481 e. The molecular weight excluding hydrogens is 290 g/mol. The van der Waals surface area contributed by atoms with E-state index in [1.807, 2.05) is 25.1 Å². The van der Waals surface area contributed by atoms with E-state index in [2.05, 4.69) is 11.4 Å². The first-order valence-electron chi connectivity index (χ1n) is 8.37. The molecule has 0 spiro atoms. The monoisotopic (exact) mass is 317 g/mol. The van der Waals surface area contributed by atoms with E-state index >= 15 is 0 Å². The van der Waals surface area contributed by atoms with Gasteiger partial charge in [-0.05, 0) is 45.6 Å². The van der Waals surface area contributed by atoms with Crippen LogP contribution in [0, 0.1) is 12.3 Å². The van der Waals surface area contributed by atoms with Crippen LogP contribution in [0.2, 0.25) is 0 Å². The third kappa shape index (κ3) is 3.74. The normalized spacial score (nSPS) is 17.0. The lowest BCUT2D eigenvalue weighted by atomic mass is 9.77. The molecule has 0 saturated heterocycles. The number of hydrogen-bond acceptors (Lipinski definition) is 2. The number of carbonyl (C=O) groups is 2. The van der Waals surface area contributed by atoms with Gasteiger partial charge in [0, 0.05) is 6.54 Å². The van der Waals surface area contributed by atoms with Crippen molar-refractivity contribution in [3.05, 3.63) is 35.4 Å². The first-order chi connectivity index (χ1) is 10.8. The molecule has 1 amide bonds. The van der Waals surface area contributed by atoms with Gasteiger partial charge in [0.1, 0.15) is 0 Å². The van der Waals surface area contributed by atoms with Crippen molar-refractivity contribution < 1.29 is 14.7 Å². The maximum Gasteiger partial charge on any atom is 0.309 e. The third-order valence-corrected chi connectivity index (χ3v) is 5.08. The molecule has 23 heavy (non-hydrogen) atoms. The van der Waals surface area contributed by atoms with Crippen molar-refractivity contribution in [1.82, 2.24) is 5.32 Å². The van der Waals surface area contributed by atoms with Crippen LogP contribution in [0.5, 0.6) is 0 Å². The van der Waals surface area contributed by atoms with Crippen LogP contribution in [-0.2, 0) is 15.0 Å². The van der Waals surface area contributed by atoms with E-state index < -0.39 is 16.8 Å². The number of carbonyl (C=O) groups excluding carboxylic acids is 1. The topological polar surface area (TPSA) is 66.4 Å². The molecule has 2 N–H and O–H groups in total. The van der Waals surface area contributed by atoms with E-state index in [9.17, 15) is 9.59 Å². The van der Waals surface area contributed by atoms with Gasteiger partial charge in [0.05, 0.1) is 10.8 Å². The number of carboxylic acid groups (broad SMARTS) is 1. The standard InChI is InChI=1S/C19H27NO3/c1-14-7-6-8-15(13-14)19(9-4-5-10-19)16(21)20-12-11-18(2,3)17(22)23/h6-8,13H,4-5,9-12H2,1-3H3,(H,20,21)(H,22,23). The van der Waals surface area contributed by atoms with Crippen LogP contribution in [-0.4, -0.2) is 23.5 Å². The zero-order chi connectivity index (χ0) is 17.1. The minimum Gasteiger partial charge on any atom is -0.481 e. The van der Waals surface area contributed by atoms with Gasteiger partial charge in [-0.1, -0.05) is 42.7 Å². The lowest BCUT2D eigenvalue weighted by Gasteiger charge is -2.29. The Bertz CT molecular complexity index is 586. The highest BCUT2D eigenvalue weighted by molar-refractivity contribution is 5.88. The summed E-state index contributed by atoms with van der Waals surface area (Å²) in [6.45, 7) is 5.81. The van der Waals surface area contributed by atoms with Gasteiger partial charge in [0.2, 0.25) is 5.91 Å². The van der Waals surface area contributed by atoms with Gasteiger partial charge < -0.3 is 10.4 Å². The van der Waals surface area contributed by atoms with Crippen LogP contribution in [0.1, 0.15) is 57.1 Å². The Morgan fingerprint density at radius 3 is 2.48 bits per heavy atom. The molecule has 4 heteroatoms. The number of rotatable bonds is 6. The highest BCUT2D eigenvalue weighted by Gasteiger charge is 2.42. The molecule has 0 aliphatic heterocycles. The smallest absolute Gasteiger partial charge is 0.309 e. The zero-order valence-corrected chi connectivity index (χ0v) is 14.3. The van der Waals surface area contributed by atoms with E-state index in [1.165, 1.54) is 0 Å². The number of amides is 1. The first-order valence-corrected chi connectivity index (χ1v) is 8.37. The van der Waals surface area contributed by atoms with Gasteiger partial charge in [0.15, 0.2) is 0 Å². The average molecular weight is 317 g/mol. The molecule has 1 aliphatic carbocycles. The summed E-state index contributed by atoms with van der Waals surface area (Å²) in [5.41, 5.74) is 0.984. The summed E-state index contributed by atoms with van der Waals surface area (Å²) in [4.78, 5) is 24.0. The van der Waals surface area contributed by atoms with E-state index in [0.717, 1.165) is 36.8 Å². The number of aryl methyl sites for hydroxylation is 1.